The molecule has 0 aromatic heterocycles. The Labute approximate surface area is 153 Å². The molecule has 0 saturated heterocycles. The van der Waals surface area contributed by atoms with E-state index in [1.54, 1.807) is 7.05 Å². The average Bonchev–Trinajstić information content (AvgIpc) is 2.68. The van der Waals surface area contributed by atoms with Gasteiger partial charge in [-0.2, -0.15) is 0 Å². The molecule has 0 radical (unpaired) electrons. The number of para-hydroxylation sites is 2. The van der Waals surface area contributed by atoms with E-state index < -0.39 is 6.10 Å². The minimum absolute atomic E-state index is 0.0757. The highest BCUT2D eigenvalue weighted by molar-refractivity contribution is 5.86. The molecule has 2 N–H and O–H groups in total. The normalized spacial score (nSPS) is 15.6. The van der Waals surface area contributed by atoms with E-state index in [9.17, 15) is 9.59 Å². The minimum Gasteiger partial charge on any atom is -0.477 e. The van der Waals surface area contributed by atoms with Crippen LogP contribution in [0.2, 0.25) is 0 Å². The van der Waals surface area contributed by atoms with E-state index >= 15 is 0 Å². The number of carbonyl (C=O) groups is 2. The molecule has 3 rings (SSSR count). The number of nitrogens with zero attached hydrogens (tertiary/aromatic N) is 1. The Hall–Kier alpha value is -3.02. The van der Waals surface area contributed by atoms with Crippen molar-refractivity contribution in [3.8, 4) is 5.75 Å². The summed E-state index contributed by atoms with van der Waals surface area (Å²) in [4.78, 5) is 26.2. The van der Waals surface area contributed by atoms with Gasteiger partial charge in [-0.05, 0) is 24.1 Å². The molecule has 2 aromatic carbocycles. The molecule has 2 amide bonds. The highest BCUT2D eigenvalue weighted by atomic mass is 16.5. The van der Waals surface area contributed by atoms with Crippen LogP contribution in [0.15, 0.2) is 54.6 Å². The molecule has 6 nitrogen and oxygen atoms in total. The van der Waals surface area contributed by atoms with Crippen molar-refractivity contribution >= 4 is 17.5 Å². The summed E-state index contributed by atoms with van der Waals surface area (Å²) in [5.74, 6) is 0.340. The number of likely N-dealkylation sites (N-methyl/N-ethyl adjacent to an activating group) is 1. The van der Waals surface area contributed by atoms with Crippen molar-refractivity contribution in [2.24, 2.45) is 0 Å². The number of ether oxygens (including phenoxy) is 1. The molecule has 0 saturated carbocycles. The lowest BCUT2D eigenvalue weighted by Crippen LogP contribution is -2.50. The molecule has 1 unspecified atom stereocenters. The maximum Gasteiger partial charge on any atom is 0.262 e. The lowest BCUT2D eigenvalue weighted by molar-refractivity contribution is -0.127. The number of amides is 2. The highest BCUT2D eigenvalue weighted by Crippen LogP contribution is 2.32. The van der Waals surface area contributed by atoms with Crippen LogP contribution in [0.25, 0.3) is 0 Å². The van der Waals surface area contributed by atoms with Crippen molar-refractivity contribution in [2.45, 2.75) is 12.5 Å². The molecule has 1 atom stereocenters. The first-order chi connectivity index (χ1) is 12.7. The van der Waals surface area contributed by atoms with E-state index in [0.29, 0.717) is 18.8 Å². The third kappa shape index (κ3) is 4.33. The van der Waals surface area contributed by atoms with Crippen LogP contribution >= 0.6 is 0 Å². The monoisotopic (exact) mass is 353 g/mol. The van der Waals surface area contributed by atoms with Gasteiger partial charge in [-0.25, -0.2) is 0 Å². The Morgan fingerprint density at radius 1 is 1.12 bits per heavy atom. The van der Waals surface area contributed by atoms with Crippen LogP contribution in [0.5, 0.6) is 5.75 Å². The van der Waals surface area contributed by atoms with Gasteiger partial charge in [0, 0.05) is 13.6 Å². The zero-order chi connectivity index (χ0) is 18.4. The molecule has 1 aliphatic heterocycles. The van der Waals surface area contributed by atoms with Crippen molar-refractivity contribution in [1.29, 1.82) is 0 Å². The van der Waals surface area contributed by atoms with E-state index in [0.717, 1.165) is 12.1 Å². The predicted octanol–water partition coefficient (Wildman–Crippen LogP) is 1.36. The van der Waals surface area contributed by atoms with Crippen LogP contribution in [-0.4, -0.2) is 44.6 Å². The maximum atomic E-state index is 12.4. The zero-order valence-electron chi connectivity index (χ0n) is 14.8. The second-order valence-electron chi connectivity index (χ2n) is 6.15. The first-order valence-corrected chi connectivity index (χ1v) is 8.70. The highest BCUT2D eigenvalue weighted by Gasteiger charge is 2.30. The summed E-state index contributed by atoms with van der Waals surface area (Å²) in [5, 5.41) is 5.55. The lowest BCUT2D eigenvalue weighted by atomic mass is 10.1. The van der Waals surface area contributed by atoms with Crippen LogP contribution in [0.4, 0.5) is 5.69 Å². The molecule has 0 fully saturated rings. The van der Waals surface area contributed by atoms with E-state index in [2.05, 4.69) is 10.6 Å². The summed E-state index contributed by atoms with van der Waals surface area (Å²) in [5.41, 5.74) is 2.01. The summed E-state index contributed by atoms with van der Waals surface area (Å²) in [6.45, 7) is 1.10. The van der Waals surface area contributed by atoms with Gasteiger partial charge in [-0.1, -0.05) is 42.5 Å². The third-order valence-corrected chi connectivity index (χ3v) is 4.31. The van der Waals surface area contributed by atoms with Crippen molar-refractivity contribution in [3.05, 3.63) is 60.2 Å². The molecule has 1 aliphatic rings. The zero-order valence-corrected chi connectivity index (χ0v) is 14.8. The van der Waals surface area contributed by atoms with Crippen LogP contribution in [0.1, 0.15) is 5.56 Å². The number of hydrogen-bond donors (Lipinski definition) is 2. The van der Waals surface area contributed by atoms with Gasteiger partial charge < -0.3 is 20.3 Å². The fourth-order valence-electron chi connectivity index (χ4n) is 2.97. The molecule has 0 spiro atoms. The number of nitrogens with one attached hydrogen (secondary N) is 2. The van der Waals surface area contributed by atoms with Crippen molar-refractivity contribution in [1.82, 2.24) is 10.6 Å². The topological polar surface area (TPSA) is 70.7 Å². The summed E-state index contributed by atoms with van der Waals surface area (Å²) in [7, 11) is 1.58. The maximum absolute atomic E-state index is 12.4. The Balaban J connectivity index is 1.60. The lowest BCUT2D eigenvalue weighted by Gasteiger charge is -2.35. The van der Waals surface area contributed by atoms with Crippen LogP contribution in [0, 0.1) is 0 Å². The van der Waals surface area contributed by atoms with Crippen molar-refractivity contribution in [3.63, 3.8) is 0 Å². The summed E-state index contributed by atoms with van der Waals surface area (Å²) in [6.07, 6.45) is 0.152. The van der Waals surface area contributed by atoms with Gasteiger partial charge in [0.1, 0.15) is 5.75 Å². The summed E-state index contributed by atoms with van der Waals surface area (Å²) in [6, 6.07) is 17.5. The molecular weight excluding hydrogens is 330 g/mol. The van der Waals surface area contributed by atoms with Gasteiger partial charge in [-0.3, -0.25) is 9.59 Å². The van der Waals surface area contributed by atoms with Gasteiger partial charge in [0.05, 0.1) is 18.8 Å². The minimum atomic E-state index is -0.632. The quantitative estimate of drug-likeness (QED) is 0.823. The van der Waals surface area contributed by atoms with Gasteiger partial charge in [-0.15, -0.1) is 0 Å². The second kappa shape index (κ2) is 8.38. The van der Waals surface area contributed by atoms with Gasteiger partial charge >= 0.3 is 0 Å². The second-order valence-corrected chi connectivity index (χ2v) is 6.15. The molecule has 2 aromatic rings. The third-order valence-electron chi connectivity index (χ3n) is 4.31. The first kappa shape index (κ1) is 17.8. The Morgan fingerprint density at radius 3 is 2.62 bits per heavy atom. The number of benzene rings is 2. The number of rotatable bonds is 6. The number of anilines is 1. The SMILES string of the molecule is CNC(=O)C1CN(CC(=O)NCCc2ccccc2)c2ccccc2O1. The summed E-state index contributed by atoms with van der Waals surface area (Å²) < 4.78 is 5.75. The van der Waals surface area contributed by atoms with Gasteiger partial charge in [0.2, 0.25) is 5.91 Å². The molecule has 26 heavy (non-hydrogen) atoms. The molecule has 0 bridgehead atoms. The molecule has 6 heteroatoms. The van der Waals surface area contributed by atoms with E-state index in [1.165, 1.54) is 5.56 Å². The van der Waals surface area contributed by atoms with Crippen LogP contribution in [-0.2, 0) is 16.0 Å². The Bertz CT molecular complexity index is 764. The predicted molar refractivity (Wildman–Crippen MR) is 100 cm³/mol. The number of fused-ring (bicyclic) bond motifs is 1. The largest absolute Gasteiger partial charge is 0.477 e. The van der Waals surface area contributed by atoms with E-state index in [-0.39, 0.29) is 18.4 Å². The van der Waals surface area contributed by atoms with Crippen LogP contribution < -0.4 is 20.3 Å². The van der Waals surface area contributed by atoms with Gasteiger partial charge in [0.25, 0.3) is 5.91 Å². The first-order valence-electron chi connectivity index (χ1n) is 8.70. The summed E-state index contributed by atoms with van der Waals surface area (Å²) >= 11 is 0. The van der Waals surface area contributed by atoms with Crippen molar-refractivity contribution in [2.75, 3.05) is 31.6 Å². The number of hydrogen-bond acceptors (Lipinski definition) is 4. The van der Waals surface area contributed by atoms with E-state index in [4.69, 9.17) is 4.74 Å². The standard InChI is InChI=1S/C20H23N3O3/c1-21-20(25)18-13-23(16-9-5-6-10-17(16)26-18)14-19(24)22-12-11-15-7-3-2-4-8-15/h2-10,18H,11-14H2,1H3,(H,21,25)(H,22,24). The molecular formula is C20H23N3O3. The van der Waals surface area contributed by atoms with Crippen molar-refractivity contribution < 1.29 is 14.3 Å². The fraction of sp³-hybridized carbons (Fsp3) is 0.300. The average molecular weight is 353 g/mol. The number of carbonyl (C=O) groups excluding carboxylic acids is 2. The molecule has 136 valence electrons. The fourth-order valence-corrected chi connectivity index (χ4v) is 2.97. The molecule has 0 aliphatic carbocycles. The van der Waals surface area contributed by atoms with Crippen LogP contribution in [0.3, 0.4) is 0 Å². The Kier molecular flexibility index (Phi) is 5.73. The Morgan fingerprint density at radius 2 is 1.85 bits per heavy atom. The van der Waals surface area contributed by atoms with E-state index in [1.807, 2.05) is 59.5 Å². The van der Waals surface area contributed by atoms with Gasteiger partial charge in [0.15, 0.2) is 6.10 Å². The smallest absolute Gasteiger partial charge is 0.262 e. The molecule has 1 heterocycles.